The Kier molecular flexibility index (Phi) is 10.2. The number of benzene rings is 2. The first-order valence-corrected chi connectivity index (χ1v) is 10.8. The molecule has 2 aromatic rings. The zero-order chi connectivity index (χ0) is 18.5. The van der Waals surface area contributed by atoms with Gasteiger partial charge in [0.1, 0.15) is 0 Å². The Bertz CT molecular complexity index is 603. The predicted molar refractivity (Wildman–Crippen MR) is 117 cm³/mol. The minimum atomic E-state index is 0.936. The van der Waals surface area contributed by atoms with Gasteiger partial charge in [-0.15, -0.1) is 0 Å². The van der Waals surface area contributed by atoms with E-state index in [1.807, 2.05) is 5.01 Å². The topological polar surface area (TPSA) is 29.3 Å². The summed E-state index contributed by atoms with van der Waals surface area (Å²) in [5, 5.41) is 4.44. The standard InChI is InChI=1S/C24H38N2/c1-2-3-4-5-6-7-8-9-10-11-12-15-21-26(25)24-20-16-18-22-17-13-14-19-23(22)24/h13-14,16-20H,2-12,15,21,25H2,1H3. The second-order valence-corrected chi connectivity index (χ2v) is 7.58. The van der Waals surface area contributed by atoms with E-state index in [0.29, 0.717) is 0 Å². The molecule has 0 atom stereocenters. The van der Waals surface area contributed by atoms with Crippen molar-refractivity contribution in [2.45, 2.75) is 84.0 Å². The number of hydrogen-bond acceptors (Lipinski definition) is 2. The molecule has 0 spiro atoms. The van der Waals surface area contributed by atoms with E-state index < -0.39 is 0 Å². The number of anilines is 1. The highest BCUT2D eigenvalue weighted by Gasteiger charge is 2.05. The Morgan fingerprint density at radius 2 is 1.19 bits per heavy atom. The lowest BCUT2D eigenvalue weighted by Gasteiger charge is -2.20. The molecule has 2 rings (SSSR count). The van der Waals surface area contributed by atoms with Crippen LogP contribution in [0.4, 0.5) is 5.69 Å². The van der Waals surface area contributed by atoms with E-state index in [0.717, 1.165) is 12.2 Å². The summed E-state index contributed by atoms with van der Waals surface area (Å²) in [6.07, 6.45) is 16.5. The van der Waals surface area contributed by atoms with Crippen molar-refractivity contribution in [2.24, 2.45) is 5.84 Å². The third-order valence-corrected chi connectivity index (χ3v) is 5.33. The molecule has 0 aliphatic rings. The summed E-state index contributed by atoms with van der Waals surface area (Å²) >= 11 is 0. The molecule has 0 unspecified atom stereocenters. The molecule has 2 aromatic carbocycles. The number of fused-ring (bicyclic) bond motifs is 1. The molecule has 0 heterocycles. The fourth-order valence-electron chi connectivity index (χ4n) is 3.70. The zero-order valence-corrected chi connectivity index (χ0v) is 16.8. The Morgan fingerprint density at radius 1 is 0.654 bits per heavy atom. The second kappa shape index (κ2) is 12.8. The number of hydrogen-bond donors (Lipinski definition) is 1. The highest BCUT2D eigenvalue weighted by atomic mass is 15.4. The molecule has 0 aromatic heterocycles. The van der Waals surface area contributed by atoms with Gasteiger partial charge in [-0.2, -0.15) is 0 Å². The molecular weight excluding hydrogens is 316 g/mol. The zero-order valence-electron chi connectivity index (χ0n) is 16.8. The van der Waals surface area contributed by atoms with Crippen molar-refractivity contribution >= 4 is 16.5 Å². The Morgan fingerprint density at radius 3 is 1.85 bits per heavy atom. The SMILES string of the molecule is CCCCCCCCCCCCCCN(N)c1cccc2ccccc12. The highest BCUT2D eigenvalue weighted by Crippen LogP contribution is 2.25. The summed E-state index contributed by atoms with van der Waals surface area (Å²) in [6, 6.07) is 14.9. The van der Waals surface area contributed by atoms with Crippen LogP contribution < -0.4 is 10.9 Å². The first kappa shape index (κ1) is 20.8. The van der Waals surface area contributed by atoms with Crippen molar-refractivity contribution in [3.8, 4) is 0 Å². The number of unbranched alkanes of at least 4 members (excludes halogenated alkanes) is 11. The van der Waals surface area contributed by atoms with Gasteiger partial charge in [-0.25, -0.2) is 5.84 Å². The quantitative estimate of drug-likeness (QED) is 0.220. The van der Waals surface area contributed by atoms with Crippen LogP contribution in [0.1, 0.15) is 84.0 Å². The van der Waals surface area contributed by atoms with Gasteiger partial charge in [0.25, 0.3) is 0 Å². The predicted octanol–water partition coefficient (Wildman–Crippen LogP) is 7.22. The smallest absolute Gasteiger partial charge is 0.0595 e. The van der Waals surface area contributed by atoms with E-state index in [2.05, 4.69) is 49.4 Å². The fourth-order valence-corrected chi connectivity index (χ4v) is 3.70. The van der Waals surface area contributed by atoms with E-state index in [1.54, 1.807) is 0 Å². The monoisotopic (exact) mass is 354 g/mol. The third-order valence-electron chi connectivity index (χ3n) is 5.33. The summed E-state index contributed by atoms with van der Waals surface area (Å²) in [5.41, 5.74) is 1.14. The molecule has 0 radical (unpaired) electrons. The molecule has 2 heteroatoms. The minimum Gasteiger partial charge on any atom is -0.310 e. The van der Waals surface area contributed by atoms with Gasteiger partial charge < -0.3 is 5.01 Å². The molecule has 2 N–H and O–H groups in total. The maximum Gasteiger partial charge on any atom is 0.0595 e. The maximum absolute atomic E-state index is 6.32. The van der Waals surface area contributed by atoms with E-state index >= 15 is 0 Å². The van der Waals surface area contributed by atoms with Gasteiger partial charge in [-0.05, 0) is 17.9 Å². The average Bonchev–Trinajstić information content (AvgIpc) is 2.68. The first-order chi connectivity index (χ1) is 12.8. The fraction of sp³-hybridized carbons (Fsp3) is 0.583. The Balaban J connectivity index is 1.53. The molecule has 0 aliphatic heterocycles. The van der Waals surface area contributed by atoms with Crippen molar-refractivity contribution in [1.29, 1.82) is 0 Å². The van der Waals surface area contributed by atoms with Gasteiger partial charge in [-0.3, -0.25) is 0 Å². The Hall–Kier alpha value is -1.54. The van der Waals surface area contributed by atoms with Gasteiger partial charge in [0.2, 0.25) is 0 Å². The molecule has 0 saturated heterocycles. The van der Waals surface area contributed by atoms with Crippen LogP contribution in [-0.4, -0.2) is 6.54 Å². The van der Waals surface area contributed by atoms with Crippen LogP contribution in [0.15, 0.2) is 42.5 Å². The van der Waals surface area contributed by atoms with Crippen LogP contribution >= 0.6 is 0 Å². The average molecular weight is 355 g/mol. The maximum atomic E-state index is 6.32. The van der Waals surface area contributed by atoms with Crippen molar-refractivity contribution in [3.63, 3.8) is 0 Å². The number of nitrogens with two attached hydrogens (primary N) is 1. The lowest BCUT2D eigenvalue weighted by atomic mass is 10.1. The largest absolute Gasteiger partial charge is 0.310 e. The Labute approximate surface area is 160 Å². The van der Waals surface area contributed by atoms with E-state index in [4.69, 9.17) is 5.84 Å². The molecule has 2 nitrogen and oxygen atoms in total. The molecular formula is C24H38N2. The lowest BCUT2D eigenvalue weighted by molar-refractivity contribution is 0.543. The van der Waals surface area contributed by atoms with E-state index in [-0.39, 0.29) is 0 Å². The molecule has 0 fully saturated rings. The van der Waals surface area contributed by atoms with Crippen molar-refractivity contribution in [1.82, 2.24) is 0 Å². The molecule has 0 saturated carbocycles. The van der Waals surface area contributed by atoms with Gasteiger partial charge in [0.05, 0.1) is 5.69 Å². The molecule has 0 amide bonds. The molecule has 144 valence electrons. The van der Waals surface area contributed by atoms with Gasteiger partial charge in [-0.1, -0.05) is 114 Å². The molecule has 26 heavy (non-hydrogen) atoms. The van der Waals surface area contributed by atoms with E-state index in [9.17, 15) is 0 Å². The second-order valence-electron chi connectivity index (χ2n) is 7.58. The van der Waals surface area contributed by atoms with Crippen molar-refractivity contribution in [2.75, 3.05) is 11.6 Å². The van der Waals surface area contributed by atoms with Crippen LogP contribution in [0, 0.1) is 0 Å². The van der Waals surface area contributed by atoms with Crippen LogP contribution in [-0.2, 0) is 0 Å². The third kappa shape index (κ3) is 7.37. The lowest BCUT2D eigenvalue weighted by Crippen LogP contribution is -2.31. The summed E-state index contributed by atoms with van der Waals surface area (Å²) in [6.45, 7) is 3.22. The molecule has 0 aliphatic carbocycles. The first-order valence-electron chi connectivity index (χ1n) is 10.8. The normalized spacial score (nSPS) is 11.2. The summed E-state index contributed by atoms with van der Waals surface area (Å²) in [5.74, 6) is 6.32. The van der Waals surface area contributed by atoms with Gasteiger partial charge in [0, 0.05) is 11.9 Å². The van der Waals surface area contributed by atoms with Crippen molar-refractivity contribution in [3.05, 3.63) is 42.5 Å². The molecule has 0 bridgehead atoms. The summed E-state index contributed by atoms with van der Waals surface area (Å²) < 4.78 is 0. The van der Waals surface area contributed by atoms with Gasteiger partial charge >= 0.3 is 0 Å². The van der Waals surface area contributed by atoms with Gasteiger partial charge in [0.15, 0.2) is 0 Å². The number of nitrogens with zero attached hydrogens (tertiary/aromatic N) is 1. The van der Waals surface area contributed by atoms with Crippen LogP contribution in [0.5, 0.6) is 0 Å². The number of rotatable bonds is 14. The minimum absolute atomic E-state index is 0.936. The van der Waals surface area contributed by atoms with Crippen molar-refractivity contribution < 1.29 is 0 Å². The van der Waals surface area contributed by atoms with E-state index in [1.165, 1.54) is 87.8 Å². The van der Waals surface area contributed by atoms with Crippen LogP contribution in [0.3, 0.4) is 0 Å². The van der Waals surface area contributed by atoms with Crippen LogP contribution in [0.2, 0.25) is 0 Å². The summed E-state index contributed by atoms with van der Waals surface area (Å²) in [7, 11) is 0. The number of hydrazine groups is 1. The highest BCUT2D eigenvalue weighted by molar-refractivity contribution is 5.94. The van der Waals surface area contributed by atoms with Crippen LogP contribution in [0.25, 0.3) is 10.8 Å². The summed E-state index contributed by atoms with van der Waals surface area (Å²) in [4.78, 5) is 0.